The number of aliphatic carboxylic acids is 1. The van der Waals surface area contributed by atoms with Crippen LogP contribution in [0.4, 0.5) is 48.3 Å². The number of likely N-dealkylation sites (N-methyl/N-ethyl adjacent to an activating group) is 1. The molecule has 0 aromatic rings. The molecule has 0 fully saturated rings. The third-order valence-corrected chi connectivity index (χ3v) is 2.62. The summed E-state index contributed by atoms with van der Waals surface area (Å²) >= 11 is 0. The third kappa shape index (κ3) is 5.29. The second kappa shape index (κ2) is 6.41. The molecule has 25 heavy (non-hydrogen) atoms. The molecule has 0 amide bonds. The number of hydrogen-bond acceptors (Lipinski definition) is 3. The molecule has 0 aliphatic carbocycles. The van der Waals surface area contributed by atoms with Crippen molar-refractivity contribution in [3.63, 3.8) is 0 Å². The summed E-state index contributed by atoms with van der Waals surface area (Å²) in [7, 11) is 1.05. The maximum Gasteiger partial charge on any atom is 0.462 e. The molecule has 0 aromatic heterocycles. The van der Waals surface area contributed by atoms with Crippen LogP contribution in [0, 0.1) is 0 Å². The Bertz CT molecular complexity index is 499. The molecular formula is C10H10F11NO3. The van der Waals surface area contributed by atoms with E-state index in [2.05, 4.69) is 4.74 Å². The molecule has 4 nitrogen and oxygen atoms in total. The minimum Gasteiger partial charge on any atom is -0.544 e. The lowest BCUT2D eigenvalue weighted by Gasteiger charge is -2.39. The molecule has 0 rings (SSSR count). The molecule has 15 heteroatoms. The Morgan fingerprint density at radius 2 is 1.28 bits per heavy atom. The van der Waals surface area contributed by atoms with Crippen LogP contribution in [-0.2, 0) is 9.53 Å². The largest absolute Gasteiger partial charge is 0.544 e. The van der Waals surface area contributed by atoms with Gasteiger partial charge in [-0.15, -0.1) is 0 Å². The van der Waals surface area contributed by atoms with Crippen molar-refractivity contribution in [1.29, 1.82) is 0 Å². The van der Waals surface area contributed by atoms with E-state index >= 15 is 0 Å². The van der Waals surface area contributed by atoms with E-state index in [1.165, 1.54) is 0 Å². The average molecular weight is 401 g/mol. The van der Waals surface area contributed by atoms with Gasteiger partial charge < -0.3 is 14.4 Å². The number of quaternary nitrogens is 1. The van der Waals surface area contributed by atoms with Crippen molar-refractivity contribution >= 4 is 5.97 Å². The number of carboxylic acid groups (broad SMARTS) is 1. The number of carboxylic acids is 1. The summed E-state index contributed by atoms with van der Waals surface area (Å²) in [4.78, 5) is 10.3. The summed E-state index contributed by atoms with van der Waals surface area (Å²) in [5.74, 6) is -15.0. The second-order valence-corrected chi connectivity index (χ2v) is 5.54. The average Bonchev–Trinajstić information content (AvgIpc) is 2.20. The van der Waals surface area contributed by atoms with Gasteiger partial charge in [-0.05, 0) is 0 Å². The molecule has 1 unspecified atom stereocenters. The van der Waals surface area contributed by atoms with Gasteiger partial charge in [0.2, 0.25) is 0 Å². The predicted octanol–water partition coefficient (Wildman–Crippen LogP) is 1.85. The first-order chi connectivity index (χ1) is 10.6. The van der Waals surface area contributed by atoms with Crippen molar-refractivity contribution < 1.29 is 67.4 Å². The minimum absolute atomic E-state index is 0.527. The number of rotatable bonds is 7. The highest BCUT2D eigenvalue weighted by Crippen LogP contribution is 2.51. The van der Waals surface area contributed by atoms with Crippen molar-refractivity contribution in [2.24, 2.45) is 0 Å². The normalized spacial score (nSPS) is 17.3. The number of carbonyl (C=O) groups excluding carboxylic acids is 1. The maximum atomic E-state index is 13.9. The van der Waals surface area contributed by atoms with Gasteiger partial charge in [-0.2, -0.15) is 48.3 Å². The van der Waals surface area contributed by atoms with Crippen molar-refractivity contribution in [2.75, 3.05) is 27.2 Å². The lowest BCUT2D eigenvalue weighted by Crippen LogP contribution is -2.65. The van der Waals surface area contributed by atoms with Gasteiger partial charge in [0.25, 0.3) is 0 Å². The summed E-state index contributed by atoms with van der Waals surface area (Å²) in [5.41, 5.74) is 0. The van der Waals surface area contributed by atoms with Gasteiger partial charge in [-0.1, -0.05) is 0 Å². The highest BCUT2D eigenvalue weighted by atomic mass is 19.4. The molecule has 0 heterocycles. The lowest BCUT2D eigenvalue weighted by molar-refractivity contribution is -0.897. The van der Waals surface area contributed by atoms with Gasteiger partial charge in [0.15, 0.2) is 0 Å². The van der Waals surface area contributed by atoms with E-state index in [4.69, 9.17) is 0 Å². The number of nitrogens with zero attached hydrogens (tertiary/aromatic N) is 1. The van der Waals surface area contributed by atoms with Crippen LogP contribution in [0.5, 0.6) is 0 Å². The first-order valence-electron chi connectivity index (χ1n) is 5.88. The quantitative estimate of drug-likeness (QED) is 0.484. The zero-order valence-corrected chi connectivity index (χ0v) is 12.2. The highest BCUT2D eigenvalue weighted by molar-refractivity contribution is 5.65. The van der Waals surface area contributed by atoms with Crippen LogP contribution in [-0.4, -0.2) is 67.9 Å². The van der Waals surface area contributed by atoms with Gasteiger partial charge in [-0.3, -0.25) is 4.74 Å². The van der Waals surface area contributed by atoms with E-state index < -0.39 is 53.8 Å². The molecule has 150 valence electrons. The summed E-state index contributed by atoms with van der Waals surface area (Å²) in [6.07, 6.45) is -20.5. The van der Waals surface area contributed by atoms with Crippen LogP contribution in [0.2, 0.25) is 0 Å². The van der Waals surface area contributed by atoms with Crippen LogP contribution in [0.3, 0.4) is 0 Å². The topological polar surface area (TPSA) is 49.4 Å². The summed E-state index contributed by atoms with van der Waals surface area (Å²) in [5, 5.41) is 10.3. The highest BCUT2D eigenvalue weighted by Gasteiger charge is 2.78. The number of halogens is 11. The van der Waals surface area contributed by atoms with Crippen LogP contribution in [0.1, 0.15) is 0 Å². The summed E-state index contributed by atoms with van der Waals surface area (Å²) in [6, 6.07) is 0. The summed E-state index contributed by atoms with van der Waals surface area (Å²) in [6.45, 7) is -3.81. The van der Waals surface area contributed by atoms with Crippen LogP contribution in [0.15, 0.2) is 0 Å². The fourth-order valence-electron chi connectivity index (χ4n) is 1.57. The molecule has 1 atom stereocenters. The first kappa shape index (κ1) is 23.6. The van der Waals surface area contributed by atoms with Crippen molar-refractivity contribution in [1.82, 2.24) is 0 Å². The smallest absolute Gasteiger partial charge is 0.462 e. The first-order valence-corrected chi connectivity index (χ1v) is 5.88. The predicted molar refractivity (Wildman–Crippen MR) is 53.8 cm³/mol. The number of ether oxygens (including phenoxy) is 1. The SMILES string of the molecule is C[N+](C)(CC(=O)[O-])CC(F)(OC(F)(F)C(F)(F)C(F)(F)F)C(F)(F)F. The molecule has 0 N–H and O–H groups in total. The van der Waals surface area contributed by atoms with E-state index in [1.807, 2.05) is 0 Å². The van der Waals surface area contributed by atoms with E-state index in [0.29, 0.717) is 14.1 Å². The third-order valence-electron chi connectivity index (χ3n) is 2.62. The fraction of sp³-hybridized carbons (Fsp3) is 0.900. The van der Waals surface area contributed by atoms with E-state index in [0.717, 1.165) is 0 Å². The maximum absolute atomic E-state index is 13.9. The minimum atomic E-state index is -7.16. The van der Waals surface area contributed by atoms with Crippen LogP contribution in [0.25, 0.3) is 0 Å². The molecule has 0 radical (unpaired) electrons. The Morgan fingerprint density at radius 3 is 1.56 bits per heavy atom. The second-order valence-electron chi connectivity index (χ2n) is 5.54. The van der Waals surface area contributed by atoms with Gasteiger partial charge in [0, 0.05) is 0 Å². The van der Waals surface area contributed by atoms with Crippen LogP contribution < -0.4 is 5.11 Å². The molecule has 0 aliphatic rings. The van der Waals surface area contributed by atoms with Gasteiger partial charge in [0.1, 0.15) is 13.1 Å². The van der Waals surface area contributed by atoms with Gasteiger partial charge in [0.05, 0.1) is 20.1 Å². The summed E-state index contributed by atoms with van der Waals surface area (Å²) < 4.78 is 139. The molecule has 0 aliphatic heterocycles. The van der Waals surface area contributed by atoms with Gasteiger partial charge >= 0.3 is 30.2 Å². The molecule has 0 saturated carbocycles. The van der Waals surface area contributed by atoms with E-state index in [-0.39, 0.29) is 0 Å². The Labute approximate surface area is 132 Å². The Kier molecular flexibility index (Phi) is 6.05. The monoisotopic (exact) mass is 401 g/mol. The Hall–Kier alpha value is -1.38. The van der Waals surface area contributed by atoms with Crippen molar-refractivity contribution in [2.45, 2.75) is 30.2 Å². The number of carbonyl (C=O) groups is 1. The molecule has 0 saturated heterocycles. The molecule has 0 aromatic carbocycles. The van der Waals surface area contributed by atoms with Crippen molar-refractivity contribution in [3.05, 3.63) is 0 Å². The van der Waals surface area contributed by atoms with Crippen molar-refractivity contribution in [3.8, 4) is 0 Å². The van der Waals surface area contributed by atoms with E-state index in [9.17, 15) is 58.2 Å². The standard InChI is InChI=1S/C10H10F11NO3/c1-22(2,3-5(23)24)4-6(11,8(14,15)16)25-10(20,21)7(12,13)9(17,18)19/h3-4H2,1-2H3. The zero-order valence-electron chi connectivity index (χ0n) is 12.2. The molecular weight excluding hydrogens is 391 g/mol. The Balaban J connectivity index is 5.90. The fourth-order valence-corrected chi connectivity index (χ4v) is 1.57. The zero-order chi connectivity index (χ0) is 20.7. The Morgan fingerprint density at radius 1 is 0.880 bits per heavy atom. The number of hydrogen-bond donors (Lipinski definition) is 0. The van der Waals surface area contributed by atoms with E-state index in [1.54, 1.807) is 0 Å². The number of alkyl halides is 11. The molecule has 0 spiro atoms. The molecule has 0 bridgehead atoms. The van der Waals surface area contributed by atoms with Crippen LogP contribution >= 0.6 is 0 Å². The van der Waals surface area contributed by atoms with Gasteiger partial charge in [-0.25, -0.2) is 0 Å². The lowest BCUT2D eigenvalue weighted by atomic mass is 10.2.